The van der Waals surface area contributed by atoms with Crippen molar-refractivity contribution in [2.75, 3.05) is 13.2 Å². The molecule has 1 aromatic heterocycles. The van der Waals surface area contributed by atoms with Crippen LogP contribution in [0.4, 0.5) is 0 Å². The minimum Gasteiger partial charge on any atom is -0.485 e. The van der Waals surface area contributed by atoms with E-state index in [0.29, 0.717) is 0 Å². The third-order valence-electron chi connectivity index (χ3n) is 5.39. The van der Waals surface area contributed by atoms with E-state index < -0.39 is 0 Å². The van der Waals surface area contributed by atoms with Crippen LogP contribution in [0.1, 0.15) is 34.6 Å². The zero-order valence-electron chi connectivity index (χ0n) is 15.9. The topological polar surface area (TPSA) is 40.5 Å². The maximum atomic E-state index is 12.8. The summed E-state index contributed by atoms with van der Waals surface area (Å²) in [6, 6.07) is 15.9. The van der Waals surface area contributed by atoms with Crippen molar-refractivity contribution in [3.05, 3.63) is 65.5 Å². The Morgan fingerprint density at radius 3 is 2.81 bits per heavy atom. The van der Waals surface area contributed by atoms with Gasteiger partial charge in [0.15, 0.2) is 6.61 Å². The van der Waals surface area contributed by atoms with E-state index in [1.807, 2.05) is 62.4 Å². The first kappa shape index (κ1) is 17.8. The van der Waals surface area contributed by atoms with Gasteiger partial charge in [0.05, 0.1) is 6.10 Å². The second kappa shape index (κ2) is 7.57. The zero-order chi connectivity index (χ0) is 18.8. The summed E-state index contributed by atoms with van der Waals surface area (Å²) in [6.45, 7) is 5.75. The van der Waals surface area contributed by atoms with Gasteiger partial charge in [0, 0.05) is 35.5 Å². The van der Waals surface area contributed by atoms with Crippen LogP contribution in [0.5, 0.6) is 5.75 Å². The maximum Gasteiger partial charge on any atom is 0.202 e. The molecule has 1 unspecified atom stereocenters. The van der Waals surface area contributed by atoms with Crippen molar-refractivity contribution >= 4 is 16.6 Å². The number of ketones is 1. The first-order chi connectivity index (χ1) is 13.1. The molecule has 0 aliphatic carbocycles. The predicted octanol–water partition coefficient (Wildman–Crippen LogP) is 4.70. The average molecular weight is 363 g/mol. The van der Waals surface area contributed by atoms with Crippen molar-refractivity contribution in [2.24, 2.45) is 0 Å². The molecule has 0 saturated carbocycles. The van der Waals surface area contributed by atoms with Crippen molar-refractivity contribution in [2.45, 2.75) is 39.3 Å². The van der Waals surface area contributed by atoms with Gasteiger partial charge in [0.2, 0.25) is 5.78 Å². The Morgan fingerprint density at radius 1 is 1.19 bits per heavy atom. The molecule has 0 spiro atoms. The molecule has 1 aliphatic heterocycles. The number of fused-ring (bicyclic) bond motifs is 1. The molecule has 140 valence electrons. The number of benzene rings is 2. The fourth-order valence-electron chi connectivity index (χ4n) is 3.90. The minimum atomic E-state index is 0.00891. The lowest BCUT2D eigenvalue weighted by Gasteiger charge is -2.15. The largest absolute Gasteiger partial charge is 0.485 e. The molecule has 4 heteroatoms. The van der Waals surface area contributed by atoms with E-state index in [1.165, 1.54) is 0 Å². The van der Waals surface area contributed by atoms with Gasteiger partial charge in [0.1, 0.15) is 5.75 Å². The van der Waals surface area contributed by atoms with E-state index in [0.717, 1.165) is 59.5 Å². The quantitative estimate of drug-likeness (QED) is 0.596. The number of aromatic nitrogens is 1. The van der Waals surface area contributed by atoms with E-state index in [4.69, 9.17) is 9.47 Å². The van der Waals surface area contributed by atoms with Crippen molar-refractivity contribution in [1.29, 1.82) is 0 Å². The highest BCUT2D eigenvalue weighted by Crippen LogP contribution is 2.26. The van der Waals surface area contributed by atoms with Crippen LogP contribution in [0.25, 0.3) is 10.8 Å². The van der Waals surface area contributed by atoms with Crippen LogP contribution in [-0.4, -0.2) is 29.7 Å². The van der Waals surface area contributed by atoms with Gasteiger partial charge in [-0.05, 0) is 44.2 Å². The van der Waals surface area contributed by atoms with Gasteiger partial charge in [-0.25, -0.2) is 0 Å². The Bertz CT molecular complexity index is 962. The molecule has 4 nitrogen and oxygen atoms in total. The van der Waals surface area contributed by atoms with Crippen LogP contribution in [0, 0.1) is 13.8 Å². The lowest BCUT2D eigenvalue weighted by atomic mass is 10.1. The van der Waals surface area contributed by atoms with Crippen molar-refractivity contribution < 1.29 is 14.3 Å². The molecule has 0 N–H and O–H groups in total. The molecule has 27 heavy (non-hydrogen) atoms. The zero-order valence-corrected chi connectivity index (χ0v) is 15.9. The Hall–Kier alpha value is -2.59. The number of carbonyl (C=O) groups is 1. The third-order valence-corrected chi connectivity index (χ3v) is 5.39. The SMILES string of the molecule is Cc1cc(C(=O)COc2cccc3ccccc23)c(C)n1CC1CCCO1. The molecule has 0 radical (unpaired) electrons. The van der Waals surface area contributed by atoms with Crippen molar-refractivity contribution in [3.8, 4) is 5.75 Å². The first-order valence-corrected chi connectivity index (χ1v) is 9.55. The second-order valence-corrected chi connectivity index (χ2v) is 7.22. The minimum absolute atomic E-state index is 0.00891. The summed E-state index contributed by atoms with van der Waals surface area (Å²) in [6.07, 6.45) is 2.46. The number of hydrogen-bond acceptors (Lipinski definition) is 3. The fourth-order valence-corrected chi connectivity index (χ4v) is 3.90. The van der Waals surface area contributed by atoms with Gasteiger partial charge in [-0.2, -0.15) is 0 Å². The van der Waals surface area contributed by atoms with Gasteiger partial charge in [-0.15, -0.1) is 0 Å². The normalized spacial score (nSPS) is 16.7. The van der Waals surface area contributed by atoms with E-state index in [2.05, 4.69) is 4.57 Å². The fraction of sp³-hybridized carbons (Fsp3) is 0.348. The lowest BCUT2D eigenvalue weighted by Crippen LogP contribution is -2.18. The summed E-state index contributed by atoms with van der Waals surface area (Å²) in [5.74, 6) is 0.754. The number of rotatable bonds is 6. The highest BCUT2D eigenvalue weighted by atomic mass is 16.5. The van der Waals surface area contributed by atoms with E-state index >= 15 is 0 Å². The maximum absolute atomic E-state index is 12.8. The van der Waals surface area contributed by atoms with Gasteiger partial charge >= 0.3 is 0 Å². The van der Waals surface area contributed by atoms with Crippen LogP contribution in [0.3, 0.4) is 0 Å². The summed E-state index contributed by atoms with van der Waals surface area (Å²) >= 11 is 0. The lowest BCUT2D eigenvalue weighted by molar-refractivity contribution is 0.0915. The molecule has 3 aromatic rings. The number of nitrogens with zero attached hydrogens (tertiary/aromatic N) is 1. The molecule has 0 bridgehead atoms. The highest BCUT2D eigenvalue weighted by molar-refractivity contribution is 5.99. The van der Waals surface area contributed by atoms with Crippen LogP contribution in [-0.2, 0) is 11.3 Å². The van der Waals surface area contributed by atoms with E-state index in [9.17, 15) is 4.79 Å². The van der Waals surface area contributed by atoms with Crippen molar-refractivity contribution in [1.82, 2.24) is 4.57 Å². The number of hydrogen-bond donors (Lipinski definition) is 0. The van der Waals surface area contributed by atoms with Gasteiger partial charge < -0.3 is 14.0 Å². The Kier molecular flexibility index (Phi) is 4.99. The molecule has 0 amide bonds. The van der Waals surface area contributed by atoms with Crippen LogP contribution >= 0.6 is 0 Å². The first-order valence-electron chi connectivity index (χ1n) is 9.55. The van der Waals surface area contributed by atoms with Gasteiger partial charge in [-0.3, -0.25) is 4.79 Å². The molecular weight excluding hydrogens is 338 g/mol. The number of carbonyl (C=O) groups excluding carboxylic acids is 1. The smallest absolute Gasteiger partial charge is 0.202 e. The van der Waals surface area contributed by atoms with E-state index in [-0.39, 0.29) is 18.5 Å². The highest BCUT2D eigenvalue weighted by Gasteiger charge is 2.21. The van der Waals surface area contributed by atoms with Crippen LogP contribution < -0.4 is 4.74 Å². The number of ether oxygens (including phenoxy) is 2. The average Bonchev–Trinajstić information content (AvgIpc) is 3.30. The third kappa shape index (κ3) is 3.62. The molecule has 2 aromatic carbocycles. The van der Waals surface area contributed by atoms with Crippen LogP contribution in [0.15, 0.2) is 48.5 Å². The molecule has 1 fully saturated rings. The predicted molar refractivity (Wildman–Crippen MR) is 107 cm³/mol. The summed E-state index contributed by atoms with van der Waals surface area (Å²) in [7, 11) is 0. The monoisotopic (exact) mass is 363 g/mol. The Morgan fingerprint density at radius 2 is 2.00 bits per heavy atom. The number of aryl methyl sites for hydroxylation is 1. The Labute approximate surface area is 159 Å². The van der Waals surface area contributed by atoms with Gasteiger partial charge in [-0.1, -0.05) is 36.4 Å². The summed E-state index contributed by atoms with van der Waals surface area (Å²) in [5.41, 5.74) is 2.83. The molecule has 1 atom stereocenters. The van der Waals surface area contributed by atoms with Crippen LogP contribution in [0.2, 0.25) is 0 Å². The van der Waals surface area contributed by atoms with Crippen molar-refractivity contribution in [3.63, 3.8) is 0 Å². The Balaban J connectivity index is 1.49. The summed E-state index contributed by atoms with van der Waals surface area (Å²) < 4.78 is 13.8. The molecular formula is C23H25NO3. The summed E-state index contributed by atoms with van der Waals surface area (Å²) in [4.78, 5) is 12.8. The standard InChI is InChI=1S/C23H25NO3/c1-16-13-21(17(2)24(16)14-19-9-6-12-26-19)22(25)15-27-23-11-5-8-18-7-3-4-10-20(18)23/h3-5,7-8,10-11,13,19H,6,9,12,14-15H2,1-2H3. The molecule has 4 rings (SSSR count). The van der Waals surface area contributed by atoms with Gasteiger partial charge in [0.25, 0.3) is 0 Å². The number of Topliss-reactive ketones (excluding diaryl/α,β-unsaturated/α-hetero) is 1. The second-order valence-electron chi connectivity index (χ2n) is 7.22. The molecule has 1 saturated heterocycles. The summed E-state index contributed by atoms with van der Waals surface area (Å²) in [5, 5.41) is 2.13. The van der Waals surface area contributed by atoms with E-state index in [1.54, 1.807) is 0 Å². The molecule has 2 heterocycles. The molecule has 1 aliphatic rings.